The van der Waals surface area contributed by atoms with Crippen LogP contribution in [0.2, 0.25) is 0 Å². The first-order chi connectivity index (χ1) is 9.73. The van der Waals surface area contributed by atoms with Gasteiger partial charge in [0.15, 0.2) is 0 Å². The van der Waals surface area contributed by atoms with Crippen molar-refractivity contribution in [1.82, 2.24) is 15.1 Å². The molecule has 2 rings (SSSR count). The molecule has 1 N–H and O–H groups in total. The molecule has 1 aliphatic rings. The monoisotopic (exact) mass is 333 g/mol. The maximum absolute atomic E-state index is 12.2. The number of methoxy groups -OCH3 is 1. The van der Waals surface area contributed by atoms with Crippen molar-refractivity contribution in [3.05, 3.63) is 17.0 Å². The van der Waals surface area contributed by atoms with Crippen LogP contribution in [0.25, 0.3) is 0 Å². The van der Waals surface area contributed by atoms with Crippen LogP contribution in [0, 0.1) is 19.3 Å². The molecule has 1 amide bonds. The van der Waals surface area contributed by atoms with E-state index in [0.29, 0.717) is 26.1 Å². The Labute approximate surface area is 134 Å². The number of nitrogens with one attached hydrogen (secondary N) is 1. The van der Waals surface area contributed by atoms with Crippen LogP contribution in [0.1, 0.15) is 30.3 Å². The van der Waals surface area contributed by atoms with Gasteiger partial charge < -0.3 is 10.1 Å². The van der Waals surface area contributed by atoms with Crippen LogP contribution in [-0.2, 0) is 22.6 Å². The minimum Gasteiger partial charge on any atom is -0.383 e. The molecule has 5 nitrogen and oxygen atoms in total. The number of hydrogen-bond acceptors (Lipinski definition) is 3. The molecule has 1 fully saturated rings. The van der Waals surface area contributed by atoms with Crippen molar-refractivity contribution in [3.8, 4) is 0 Å². The molecule has 0 radical (unpaired) electrons. The van der Waals surface area contributed by atoms with Gasteiger partial charge in [-0.05, 0) is 27.2 Å². The van der Waals surface area contributed by atoms with E-state index in [1.165, 1.54) is 0 Å². The third kappa shape index (κ3) is 3.05. The van der Waals surface area contributed by atoms with Gasteiger partial charge in [-0.2, -0.15) is 5.10 Å². The summed E-state index contributed by atoms with van der Waals surface area (Å²) in [4.78, 5) is 12.2. The lowest BCUT2D eigenvalue weighted by Gasteiger charge is -2.13. The van der Waals surface area contributed by atoms with Crippen LogP contribution in [0.3, 0.4) is 0 Å². The van der Waals surface area contributed by atoms with Crippen molar-refractivity contribution in [3.63, 3.8) is 0 Å². The smallest absolute Gasteiger partial charge is 0.229 e. The molecule has 1 heterocycles. The maximum Gasteiger partial charge on any atom is 0.229 e. The summed E-state index contributed by atoms with van der Waals surface area (Å²) in [5.41, 5.74) is 2.28. The highest BCUT2D eigenvalue weighted by atomic mass is 35.5. The molecule has 118 valence electrons. The van der Waals surface area contributed by atoms with Crippen LogP contribution in [0.5, 0.6) is 0 Å². The number of aromatic nitrogens is 2. The van der Waals surface area contributed by atoms with Crippen molar-refractivity contribution in [2.75, 3.05) is 13.7 Å². The molecular weight excluding hydrogens is 313 g/mol. The zero-order valence-electron chi connectivity index (χ0n) is 12.8. The van der Waals surface area contributed by atoms with Gasteiger partial charge in [-0.25, -0.2) is 0 Å². The quantitative estimate of drug-likeness (QED) is 0.813. The second-order valence-corrected chi connectivity index (χ2v) is 7.25. The van der Waals surface area contributed by atoms with E-state index in [1.54, 1.807) is 14.0 Å². The fourth-order valence-electron chi connectivity index (χ4n) is 2.40. The number of halogens is 2. The van der Waals surface area contributed by atoms with Gasteiger partial charge >= 0.3 is 0 Å². The Morgan fingerprint density at radius 3 is 2.62 bits per heavy atom. The highest BCUT2D eigenvalue weighted by Gasteiger charge is 2.67. The number of nitrogens with zero attached hydrogens (tertiary/aromatic N) is 2. The molecule has 1 aliphatic carbocycles. The van der Waals surface area contributed by atoms with Crippen molar-refractivity contribution in [2.24, 2.45) is 5.41 Å². The van der Waals surface area contributed by atoms with Crippen molar-refractivity contribution in [1.29, 1.82) is 0 Å². The molecule has 1 aromatic heterocycles. The van der Waals surface area contributed by atoms with E-state index in [4.69, 9.17) is 27.9 Å². The van der Waals surface area contributed by atoms with E-state index in [9.17, 15) is 4.79 Å². The predicted octanol–water partition coefficient (Wildman–Crippen LogP) is 2.35. The summed E-state index contributed by atoms with van der Waals surface area (Å²) in [7, 11) is 1.66. The molecule has 0 spiro atoms. The van der Waals surface area contributed by atoms with E-state index in [0.717, 1.165) is 17.0 Å². The van der Waals surface area contributed by atoms with E-state index in [1.807, 2.05) is 18.5 Å². The standard InChI is InChI=1S/C14H21Cl2N3O2/c1-9-11(10(2)19(18-9)5-6-21-4)7-17-12(20)13(3)8-14(13,15)16/h5-8H2,1-4H3,(H,17,20)/t13-/m0/s1. The van der Waals surface area contributed by atoms with Crippen LogP contribution in [-0.4, -0.2) is 33.7 Å². The lowest BCUT2D eigenvalue weighted by atomic mass is 10.1. The Kier molecular flexibility index (Phi) is 4.57. The normalized spacial score (nSPS) is 23.1. The lowest BCUT2D eigenvalue weighted by molar-refractivity contribution is -0.125. The van der Waals surface area contributed by atoms with Crippen molar-refractivity contribution >= 4 is 29.1 Å². The summed E-state index contributed by atoms with van der Waals surface area (Å²) in [6, 6.07) is 0. The third-order valence-corrected chi connectivity index (χ3v) is 5.32. The number of aryl methyl sites for hydroxylation is 1. The van der Waals surface area contributed by atoms with Crippen molar-refractivity contribution in [2.45, 2.75) is 44.6 Å². The minimum absolute atomic E-state index is 0.115. The highest BCUT2D eigenvalue weighted by Crippen LogP contribution is 2.63. The Morgan fingerprint density at radius 1 is 1.48 bits per heavy atom. The molecule has 1 aromatic rings. The fraction of sp³-hybridized carbons (Fsp3) is 0.714. The zero-order valence-corrected chi connectivity index (χ0v) is 14.3. The Balaban J connectivity index is 2.01. The molecule has 7 heteroatoms. The van der Waals surface area contributed by atoms with Crippen LogP contribution < -0.4 is 5.32 Å². The summed E-state index contributed by atoms with van der Waals surface area (Å²) in [5, 5.41) is 7.38. The second-order valence-electron chi connectivity index (χ2n) is 5.76. The van der Waals surface area contributed by atoms with Gasteiger partial charge in [-0.1, -0.05) is 0 Å². The van der Waals surface area contributed by atoms with Gasteiger partial charge in [0.2, 0.25) is 5.91 Å². The molecular formula is C14H21Cl2N3O2. The number of ether oxygens (including phenoxy) is 1. The third-order valence-electron chi connectivity index (χ3n) is 4.22. The number of hydrogen-bond donors (Lipinski definition) is 1. The van der Waals surface area contributed by atoms with E-state index in [2.05, 4.69) is 10.4 Å². The SMILES string of the molecule is COCCn1nc(C)c(CNC(=O)[C@]2(C)CC2(Cl)Cl)c1C. The van der Waals surface area contributed by atoms with Gasteiger partial charge in [0.25, 0.3) is 0 Å². The van der Waals surface area contributed by atoms with Crippen molar-refractivity contribution < 1.29 is 9.53 Å². The number of rotatable bonds is 6. The van der Waals surface area contributed by atoms with Gasteiger partial charge in [0.05, 0.1) is 24.3 Å². The molecule has 1 saturated carbocycles. The van der Waals surface area contributed by atoms with Crippen LogP contribution in [0.4, 0.5) is 0 Å². The summed E-state index contributed by atoms with van der Waals surface area (Å²) < 4.78 is 6.02. The first-order valence-electron chi connectivity index (χ1n) is 6.91. The predicted molar refractivity (Wildman–Crippen MR) is 82.6 cm³/mol. The number of carbonyl (C=O) groups is 1. The number of alkyl halides is 2. The Hall–Kier alpha value is -0.780. The maximum atomic E-state index is 12.2. The fourth-order valence-corrected chi connectivity index (χ4v) is 3.10. The topological polar surface area (TPSA) is 56.1 Å². The van der Waals surface area contributed by atoms with E-state index in [-0.39, 0.29) is 5.91 Å². The minimum atomic E-state index is -0.941. The number of carbonyl (C=O) groups excluding carboxylic acids is 1. The molecule has 0 bridgehead atoms. The second kappa shape index (κ2) is 5.78. The molecule has 1 atom stereocenters. The van der Waals surface area contributed by atoms with Gasteiger partial charge in [-0.3, -0.25) is 9.48 Å². The van der Waals surface area contributed by atoms with E-state index >= 15 is 0 Å². The molecule has 0 unspecified atom stereocenters. The first kappa shape index (κ1) is 16.6. The molecule has 21 heavy (non-hydrogen) atoms. The number of amides is 1. The van der Waals surface area contributed by atoms with Gasteiger partial charge in [0, 0.05) is 24.9 Å². The molecule has 0 saturated heterocycles. The average molecular weight is 334 g/mol. The molecule has 0 aromatic carbocycles. The van der Waals surface area contributed by atoms with E-state index < -0.39 is 9.75 Å². The first-order valence-corrected chi connectivity index (χ1v) is 7.66. The van der Waals surface area contributed by atoms with Crippen LogP contribution in [0.15, 0.2) is 0 Å². The van der Waals surface area contributed by atoms with Crippen LogP contribution >= 0.6 is 23.2 Å². The summed E-state index contributed by atoms with van der Waals surface area (Å²) in [6.45, 7) is 7.44. The Bertz CT molecular complexity index is 557. The summed E-state index contributed by atoms with van der Waals surface area (Å²) in [6.07, 6.45) is 0.486. The largest absolute Gasteiger partial charge is 0.383 e. The molecule has 0 aliphatic heterocycles. The highest BCUT2D eigenvalue weighted by molar-refractivity contribution is 6.53. The van der Waals surface area contributed by atoms with Gasteiger partial charge in [-0.15, -0.1) is 23.2 Å². The summed E-state index contributed by atoms with van der Waals surface area (Å²) in [5.74, 6) is -0.115. The lowest BCUT2D eigenvalue weighted by Crippen LogP contribution is -2.33. The zero-order chi connectivity index (χ0) is 15.8. The Morgan fingerprint density at radius 2 is 2.10 bits per heavy atom. The summed E-state index contributed by atoms with van der Waals surface area (Å²) >= 11 is 12.0. The average Bonchev–Trinajstić information content (AvgIpc) is 2.81. The van der Waals surface area contributed by atoms with Gasteiger partial charge in [0.1, 0.15) is 4.33 Å².